The van der Waals surface area contributed by atoms with Gasteiger partial charge in [-0.1, -0.05) is 0 Å². The summed E-state index contributed by atoms with van der Waals surface area (Å²) < 4.78 is 0. The molecule has 16 heavy (non-hydrogen) atoms. The van der Waals surface area contributed by atoms with E-state index >= 15 is 0 Å². The maximum absolute atomic E-state index is 10.7. The van der Waals surface area contributed by atoms with Gasteiger partial charge < -0.3 is 15.1 Å². The number of aliphatic carboxylic acids is 2. The molecular weight excluding hydrogens is 232 g/mol. The van der Waals surface area contributed by atoms with E-state index in [1.807, 2.05) is 19.0 Å². The van der Waals surface area contributed by atoms with E-state index in [2.05, 4.69) is 0 Å². The predicted molar refractivity (Wildman–Crippen MR) is 63.3 cm³/mol. The first-order valence-electron chi connectivity index (χ1n) is 4.55. The summed E-state index contributed by atoms with van der Waals surface area (Å²) in [5.41, 5.74) is 0. The van der Waals surface area contributed by atoms with Crippen LogP contribution in [-0.4, -0.2) is 106 Å². The van der Waals surface area contributed by atoms with E-state index in [1.165, 1.54) is 0 Å². The average Bonchev–Trinajstić information content (AvgIpc) is 1.92. The molecule has 0 bridgehead atoms. The SMILES string of the molecule is CN(C)C1CC(C(C(=O)O)C(=O)O)C1.[NaH].[NaH]. The molecular formula is C9H17NNa2O4. The Balaban J connectivity index is 0. The van der Waals surface area contributed by atoms with Crippen molar-refractivity contribution in [3.05, 3.63) is 0 Å². The number of carbonyl (C=O) groups is 2. The Labute approximate surface area is 139 Å². The third-order valence-electron chi connectivity index (χ3n) is 2.88. The fraction of sp³-hybridized carbons (Fsp3) is 0.778. The topological polar surface area (TPSA) is 77.8 Å². The molecule has 0 atom stereocenters. The van der Waals surface area contributed by atoms with Gasteiger partial charge in [0.1, 0.15) is 0 Å². The molecule has 0 amide bonds. The number of nitrogens with zero attached hydrogens (tertiary/aromatic N) is 1. The van der Waals surface area contributed by atoms with Crippen molar-refractivity contribution in [2.24, 2.45) is 11.8 Å². The van der Waals surface area contributed by atoms with Gasteiger partial charge in [-0.05, 0) is 32.9 Å². The predicted octanol–water partition coefficient (Wildman–Crippen LogP) is -1.18. The fourth-order valence-corrected chi connectivity index (χ4v) is 1.83. The molecule has 0 unspecified atom stereocenters. The molecule has 7 heteroatoms. The van der Waals surface area contributed by atoms with Gasteiger partial charge in [-0.25, -0.2) is 0 Å². The first-order chi connectivity index (χ1) is 6.43. The van der Waals surface area contributed by atoms with Crippen molar-refractivity contribution >= 4 is 71.1 Å². The van der Waals surface area contributed by atoms with E-state index in [0.29, 0.717) is 18.9 Å². The van der Waals surface area contributed by atoms with Gasteiger partial charge in [-0.3, -0.25) is 9.59 Å². The van der Waals surface area contributed by atoms with Gasteiger partial charge in [0, 0.05) is 6.04 Å². The maximum atomic E-state index is 10.7. The van der Waals surface area contributed by atoms with E-state index in [1.54, 1.807) is 0 Å². The molecule has 0 saturated heterocycles. The standard InChI is InChI=1S/C9H15NO4.2Na.2H/c1-10(2)6-3-5(4-6)7(8(11)12)9(13)14;;;;/h5-7H,3-4H2,1-2H3,(H,11,12)(H,13,14);;;;. The minimum absolute atomic E-state index is 0. The first kappa shape index (κ1) is 19.2. The summed E-state index contributed by atoms with van der Waals surface area (Å²) >= 11 is 0. The zero-order valence-corrected chi connectivity index (χ0v) is 8.30. The van der Waals surface area contributed by atoms with Crippen LogP contribution < -0.4 is 0 Å². The Morgan fingerprint density at radius 3 is 1.75 bits per heavy atom. The molecule has 0 aromatic heterocycles. The Morgan fingerprint density at radius 2 is 1.50 bits per heavy atom. The van der Waals surface area contributed by atoms with Crippen LogP contribution in [0.15, 0.2) is 0 Å². The molecule has 1 fully saturated rings. The van der Waals surface area contributed by atoms with E-state index < -0.39 is 17.9 Å². The molecule has 1 aliphatic carbocycles. The molecule has 0 aromatic rings. The normalized spacial score (nSPS) is 23.0. The summed E-state index contributed by atoms with van der Waals surface area (Å²) in [6.07, 6.45) is 1.33. The van der Waals surface area contributed by atoms with Gasteiger partial charge in [0.2, 0.25) is 0 Å². The molecule has 0 spiro atoms. The Morgan fingerprint density at radius 1 is 1.12 bits per heavy atom. The monoisotopic (exact) mass is 249 g/mol. The number of hydrogen-bond acceptors (Lipinski definition) is 3. The van der Waals surface area contributed by atoms with Crippen LogP contribution in [-0.2, 0) is 9.59 Å². The molecule has 0 heterocycles. The van der Waals surface area contributed by atoms with Gasteiger partial charge in [0.05, 0.1) is 0 Å². The Hall–Kier alpha value is 0.900. The van der Waals surface area contributed by atoms with Crippen molar-refractivity contribution in [2.45, 2.75) is 18.9 Å². The van der Waals surface area contributed by atoms with Crippen LogP contribution in [0.5, 0.6) is 0 Å². The van der Waals surface area contributed by atoms with Gasteiger partial charge in [-0.15, -0.1) is 0 Å². The third-order valence-corrected chi connectivity index (χ3v) is 2.88. The number of hydrogen-bond donors (Lipinski definition) is 2. The van der Waals surface area contributed by atoms with Crippen molar-refractivity contribution in [3.8, 4) is 0 Å². The number of carboxylic acid groups (broad SMARTS) is 2. The van der Waals surface area contributed by atoms with Crippen LogP contribution in [0.4, 0.5) is 0 Å². The zero-order valence-electron chi connectivity index (χ0n) is 8.30. The van der Waals surface area contributed by atoms with Crippen LogP contribution in [0.2, 0.25) is 0 Å². The second kappa shape index (κ2) is 8.08. The van der Waals surface area contributed by atoms with E-state index in [-0.39, 0.29) is 65.0 Å². The van der Waals surface area contributed by atoms with E-state index in [9.17, 15) is 9.59 Å². The summed E-state index contributed by atoms with van der Waals surface area (Å²) in [4.78, 5) is 23.3. The zero-order chi connectivity index (χ0) is 10.9. The van der Waals surface area contributed by atoms with Crippen LogP contribution in [0.1, 0.15) is 12.8 Å². The molecule has 0 aliphatic heterocycles. The van der Waals surface area contributed by atoms with Crippen LogP contribution >= 0.6 is 0 Å². The molecule has 1 aliphatic rings. The summed E-state index contributed by atoms with van der Waals surface area (Å²) in [7, 11) is 3.83. The summed E-state index contributed by atoms with van der Waals surface area (Å²) in [5, 5.41) is 17.4. The van der Waals surface area contributed by atoms with E-state index in [4.69, 9.17) is 10.2 Å². The van der Waals surface area contributed by atoms with Crippen molar-refractivity contribution < 1.29 is 19.8 Å². The molecule has 2 N–H and O–H groups in total. The molecule has 1 rings (SSSR count). The van der Waals surface area contributed by atoms with Crippen molar-refractivity contribution in [2.75, 3.05) is 14.1 Å². The van der Waals surface area contributed by atoms with Crippen LogP contribution in [0, 0.1) is 11.8 Å². The van der Waals surface area contributed by atoms with Crippen molar-refractivity contribution in [1.82, 2.24) is 4.90 Å². The van der Waals surface area contributed by atoms with Crippen molar-refractivity contribution in [1.29, 1.82) is 0 Å². The third kappa shape index (κ3) is 4.64. The number of rotatable bonds is 4. The quantitative estimate of drug-likeness (QED) is 0.484. The minimum atomic E-state index is -1.23. The molecule has 0 aromatic carbocycles. The number of carboxylic acids is 2. The second-order valence-corrected chi connectivity index (χ2v) is 4.00. The molecule has 5 nitrogen and oxygen atoms in total. The molecule has 0 radical (unpaired) electrons. The summed E-state index contributed by atoms with van der Waals surface area (Å²) in [6, 6.07) is 0.334. The van der Waals surface area contributed by atoms with Gasteiger partial charge in [0.15, 0.2) is 5.92 Å². The van der Waals surface area contributed by atoms with Crippen molar-refractivity contribution in [3.63, 3.8) is 0 Å². The summed E-state index contributed by atoms with van der Waals surface area (Å²) in [5.74, 6) is -3.89. The first-order valence-corrected chi connectivity index (χ1v) is 4.55. The van der Waals surface area contributed by atoms with Crippen LogP contribution in [0.25, 0.3) is 0 Å². The molecule has 1 saturated carbocycles. The summed E-state index contributed by atoms with van der Waals surface area (Å²) in [6.45, 7) is 0. The van der Waals surface area contributed by atoms with Gasteiger partial charge in [0.25, 0.3) is 0 Å². The second-order valence-electron chi connectivity index (χ2n) is 4.00. The Bertz CT molecular complexity index is 240. The average molecular weight is 249 g/mol. The van der Waals surface area contributed by atoms with Gasteiger partial charge in [-0.2, -0.15) is 0 Å². The fourth-order valence-electron chi connectivity index (χ4n) is 1.83. The Kier molecular flexibility index (Phi) is 9.72. The van der Waals surface area contributed by atoms with Gasteiger partial charge >= 0.3 is 71.1 Å². The van der Waals surface area contributed by atoms with E-state index in [0.717, 1.165) is 0 Å². The van der Waals surface area contributed by atoms with Crippen LogP contribution in [0.3, 0.4) is 0 Å². The molecule has 84 valence electrons.